The summed E-state index contributed by atoms with van der Waals surface area (Å²) in [6.45, 7) is 2.35. The summed E-state index contributed by atoms with van der Waals surface area (Å²) in [6, 6.07) is 8.58. The number of nitrogens with one attached hydrogen (secondary N) is 1. The van der Waals surface area contributed by atoms with Gasteiger partial charge < -0.3 is 10.1 Å². The fourth-order valence-electron chi connectivity index (χ4n) is 1.76. The van der Waals surface area contributed by atoms with Crippen molar-refractivity contribution in [3.05, 3.63) is 36.0 Å². The molecule has 21 heavy (non-hydrogen) atoms. The van der Waals surface area contributed by atoms with Crippen molar-refractivity contribution in [2.24, 2.45) is 0 Å². The molecule has 2 heterocycles. The first-order valence-electron chi connectivity index (χ1n) is 6.27. The smallest absolute Gasteiger partial charge is 0.276 e. The first-order valence-corrected chi connectivity index (χ1v) is 7.00. The summed E-state index contributed by atoms with van der Waals surface area (Å²) in [5, 5.41) is 10.4. The molecule has 0 spiro atoms. The van der Waals surface area contributed by atoms with Crippen molar-refractivity contribution in [2.75, 3.05) is 11.9 Å². The summed E-state index contributed by atoms with van der Waals surface area (Å²) in [4.78, 5) is 12.1. The van der Waals surface area contributed by atoms with E-state index in [-0.39, 0.29) is 11.6 Å². The van der Waals surface area contributed by atoms with Crippen LogP contribution in [0.3, 0.4) is 0 Å². The Morgan fingerprint density at radius 3 is 2.90 bits per heavy atom. The van der Waals surface area contributed by atoms with E-state index < -0.39 is 0 Å². The molecule has 1 N–H and O–H groups in total. The summed E-state index contributed by atoms with van der Waals surface area (Å²) >= 11 is 1.10. The number of nitrogens with zero attached hydrogens (tertiary/aromatic N) is 4. The third-order valence-electron chi connectivity index (χ3n) is 2.70. The molecule has 0 radical (unpaired) electrons. The minimum absolute atomic E-state index is 0.207. The Labute approximate surface area is 124 Å². The fourth-order valence-corrected chi connectivity index (χ4v) is 2.31. The van der Waals surface area contributed by atoms with Crippen molar-refractivity contribution in [3.8, 4) is 5.88 Å². The zero-order valence-electron chi connectivity index (χ0n) is 11.1. The van der Waals surface area contributed by atoms with Crippen LogP contribution < -0.4 is 10.1 Å². The third kappa shape index (κ3) is 2.79. The molecule has 3 aromatic rings. The van der Waals surface area contributed by atoms with Gasteiger partial charge in [0, 0.05) is 6.07 Å². The molecule has 1 amide bonds. The molecule has 2 aromatic heterocycles. The Bertz CT molecular complexity index is 772. The predicted molar refractivity (Wildman–Crippen MR) is 78.6 cm³/mol. The van der Waals surface area contributed by atoms with Crippen molar-refractivity contribution >= 4 is 34.4 Å². The Morgan fingerprint density at radius 2 is 2.14 bits per heavy atom. The van der Waals surface area contributed by atoms with Gasteiger partial charge in [0.25, 0.3) is 5.91 Å². The molecule has 0 fully saturated rings. The number of amides is 1. The van der Waals surface area contributed by atoms with E-state index in [1.54, 1.807) is 18.2 Å². The maximum Gasteiger partial charge on any atom is 0.276 e. The van der Waals surface area contributed by atoms with Gasteiger partial charge in [0.05, 0.1) is 24.0 Å². The van der Waals surface area contributed by atoms with E-state index in [0.29, 0.717) is 23.7 Å². The second kappa shape index (κ2) is 5.80. The second-order valence-corrected chi connectivity index (χ2v) is 4.61. The summed E-state index contributed by atoms with van der Waals surface area (Å²) < 4.78 is 13.5. The Balaban J connectivity index is 1.81. The third-order valence-corrected chi connectivity index (χ3v) is 3.24. The lowest BCUT2D eigenvalue weighted by Crippen LogP contribution is -2.14. The molecule has 0 aliphatic carbocycles. The van der Waals surface area contributed by atoms with Crippen LogP contribution in [0.4, 0.5) is 5.69 Å². The van der Waals surface area contributed by atoms with E-state index >= 15 is 0 Å². The van der Waals surface area contributed by atoms with E-state index in [2.05, 4.69) is 24.3 Å². The highest BCUT2D eigenvalue weighted by Crippen LogP contribution is 2.21. The van der Waals surface area contributed by atoms with Crippen molar-refractivity contribution in [1.82, 2.24) is 18.9 Å². The zero-order chi connectivity index (χ0) is 14.7. The maximum absolute atomic E-state index is 12.1. The predicted octanol–water partition coefficient (Wildman–Crippen LogP) is 2.13. The van der Waals surface area contributed by atoms with Gasteiger partial charge in [-0.2, -0.15) is 8.75 Å². The van der Waals surface area contributed by atoms with Crippen LogP contribution in [0.2, 0.25) is 0 Å². The lowest BCUT2D eigenvalue weighted by atomic mass is 10.2. The number of hydrogen-bond acceptors (Lipinski definition) is 7. The second-order valence-electron chi connectivity index (χ2n) is 4.08. The lowest BCUT2D eigenvalue weighted by molar-refractivity contribution is 0.102. The van der Waals surface area contributed by atoms with Gasteiger partial charge >= 0.3 is 0 Å². The monoisotopic (exact) mass is 301 g/mol. The molecule has 0 atom stereocenters. The molecule has 0 saturated heterocycles. The van der Waals surface area contributed by atoms with Gasteiger partial charge in [0.15, 0.2) is 5.69 Å². The topological polar surface area (TPSA) is 89.9 Å². The summed E-state index contributed by atoms with van der Waals surface area (Å²) in [6.07, 6.45) is 0. The molecule has 0 aliphatic heterocycles. The molecule has 0 saturated carbocycles. The van der Waals surface area contributed by atoms with Gasteiger partial charge in [-0.05, 0) is 25.1 Å². The number of anilines is 1. The largest absolute Gasteiger partial charge is 0.477 e. The van der Waals surface area contributed by atoms with E-state index in [1.807, 2.05) is 19.1 Å². The summed E-state index contributed by atoms with van der Waals surface area (Å²) in [5.74, 6) is 0.0332. The molecule has 8 heteroatoms. The number of fused-ring (bicyclic) bond motifs is 1. The normalized spacial score (nSPS) is 10.5. The average molecular weight is 301 g/mol. The number of hydrogen-bond donors (Lipinski definition) is 1. The van der Waals surface area contributed by atoms with Crippen LogP contribution in [0.15, 0.2) is 30.3 Å². The Kier molecular flexibility index (Phi) is 3.69. The molecule has 0 aliphatic rings. The molecular weight excluding hydrogens is 290 g/mol. The molecule has 0 bridgehead atoms. The number of ether oxygens (including phenoxy) is 1. The van der Waals surface area contributed by atoms with Gasteiger partial charge in [-0.25, -0.2) is 0 Å². The minimum atomic E-state index is -0.356. The van der Waals surface area contributed by atoms with Crippen LogP contribution in [-0.2, 0) is 0 Å². The number of rotatable bonds is 4. The first-order chi connectivity index (χ1) is 10.3. The van der Waals surface area contributed by atoms with Gasteiger partial charge in [0.1, 0.15) is 11.0 Å². The highest BCUT2D eigenvalue weighted by atomic mass is 32.1. The Hall–Kier alpha value is -2.61. The van der Waals surface area contributed by atoms with E-state index in [9.17, 15) is 4.79 Å². The number of aromatic nitrogens is 4. The maximum atomic E-state index is 12.1. The fraction of sp³-hybridized carbons (Fsp3) is 0.154. The molecule has 0 unspecified atom stereocenters. The molecule has 7 nitrogen and oxygen atoms in total. The van der Waals surface area contributed by atoms with Crippen LogP contribution in [0.5, 0.6) is 5.88 Å². The highest BCUT2D eigenvalue weighted by molar-refractivity contribution is 7.00. The summed E-state index contributed by atoms with van der Waals surface area (Å²) in [5.41, 5.74) is 2.21. The van der Waals surface area contributed by atoms with Crippen LogP contribution in [0.1, 0.15) is 17.4 Å². The van der Waals surface area contributed by atoms with Crippen LogP contribution in [-0.4, -0.2) is 31.5 Å². The number of carbonyl (C=O) groups is 1. The minimum Gasteiger partial charge on any atom is -0.477 e. The van der Waals surface area contributed by atoms with Crippen molar-refractivity contribution in [3.63, 3.8) is 0 Å². The van der Waals surface area contributed by atoms with Crippen LogP contribution in [0.25, 0.3) is 11.0 Å². The molecule has 1 aromatic carbocycles. The van der Waals surface area contributed by atoms with E-state index in [0.717, 1.165) is 17.2 Å². The van der Waals surface area contributed by atoms with Crippen molar-refractivity contribution < 1.29 is 9.53 Å². The van der Waals surface area contributed by atoms with Crippen LogP contribution in [0, 0.1) is 0 Å². The number of carbonyl (C=O) groups excluding carboxylic acids is 1. The highest BCUT2D eigenvalue weighted by Gasteiger charge is 2.12. The summed E-state index contributed by atoms with van der Waals surface area (Å²) in [7, 11) is 0. The Morgan fingerprint density at radius 1 is 1.24 bits per heavy atom. The van der Waals surface area contributed by atoms with Crippen LogP contribution >= 0.6 is 11.7 Å². The molecule has 3 rings (SSSR count). The van der Waals surface area contributed by atoms with Gasteiger partial charge in [-0.1, -0.05) is 6.07 Å². The van der Waals surface area contributed by atoms with Gasteiger partial charge in [-0.3, -0.25) is 4.79 Å². The molecule has 106 valence electrons. The lowest BCUT2D eigenvalue weighted by Gasteiger charge is -2.05. The van der Waals surface area contributed by atoms with E-state index in [1.165, 1.54) is 0 Å². The SMILES string of the molecule is CCOc1ccc(C(=O)Nc2cccc3nsnc23)nn1. The van der Waals surface area contributed by atoms with Crippen molar-refractivity contribution in [1.29, 1.82) is 0 Å². The van der Waals surface area contributed by atoms with Crippen molar-refractivity contribution in [2.45, 2.75) is 6.92 Å². The quantitative estimate of drug-likeness (QED) is 0.794. The standard InChI is InChI=1S/C13H11N5O2S/c1-2-20-11-7-6-10(15-16-11)13(19)14-8-4-3-5-9-12(8)18-21-17-9/h3-7H,2H2,1H3,(H,14,19). The number of benzene rings is 1. The molecular formula is C13H11N5O2S. The average Bonchev–Trinajstić information content (AvgIpc) is 2.98. The van der Waals surface area contributed by atoms with Gasteiger partial charge in [-0.15, -0.1) is 10.2 Å². The van der Waals surface area contributed by atoms with Gasteiger partial charge in [0.2, 0.25) is 5.88 Å². The first kappa shape index (κ1) is 13.4. The van der Waals surface area contributed by atoms with E-state index in [4.69, 9.17) is 4.74 Å². The zero-order valence-corrected chi connectivity index (χ0v) is 11.9.